The van der Waals surface area contributed by atoms with Crippen molar-refractivity contribution in [3.8, 4) is 0 Å². The fraction of sp³-hybridized carbons (Fsp3) is 0.261. The van der Waals surface area contributed by atoms with Gasteiger partial charge in [-0.25, -0.2) is 0 Å². The third-order valence-corrected chi connectivity index (χ3v) is 5.49. The summed E-state index contributed by atoms with van der Waals surface area (Å²) in [4.78, 5) is 27.5. The van der Waals surface area contributed by atoms with Gasteiger partial charge in [-0.3, -0.25) is 14.7 Å². The summed E-state index contributed by atoms with van der Waals surface area (Å²) in [6.45, 7) is 5.46. The number of benzene rings is 2. The van der Waals surface area contributed by atoms with Crippen molar-refractivity contribution in [2.75, 3.05) is 6.54 Å². The molecule has 2 N–H and O–H groups in total. The molecule has 0 atom stereocenters. The number of hydrogen-bond acceptors (Lipinski definition) is 3. The zero-order valence-electron chi connectivity index (χ0n) is 16.7. The van der Waals surface area contributed by atoms with Crippen LogP contribution < -0.4 is 5.32 Å². The first-order valence-corrected chi connectivity index (χ1v) is 9.77. The van der Waals surface area contributed by atoms with Gasteiger partial charge in [0, 0.05) is 36.3 Å². The molecule has 1 aromatic heterocycles. The van der Waals surface area contributed by atoms with Gasteiger partial charge < -0.3 is 10.2 Å². The highest BCUT2D eigenvalue weighted by Crippen LogP contribution is 2.23. The number of carbonyl (C=O) groups is 2. The van der Waals surface area contributed by atoms with Gasteiger partial charge >= 0.3 is 0 Å². The molecule has 2 amide bonds. The summed E-state index contributed by atoms with van der Waals surface area (Å²) in [7, 11) is 0. The predicted octanol–water partition coefficient (Wildman–Crippen LogP) is 3.16. The number of carbonyl (C=O) groups excluding carboxylic acids is 2. The van der Waals surface area contributed by atoms with Crippen LogP contribution in [-0.4, -0.2) is 33.5 Å². The highest BCUT2D eigenvalue weighted by Gasteiger charge is 2.28. The fourth-order valence-corrected chi connectivity index (χ4v) is 3.58. The molecular weight excluding hydrogens is 364 g/mol. The third-order valence-electron chi connectivity index (χ3n) is 5.49. The topological polar surface area (TPSA) is 78.1 Å². The highest BCUT2D eigenvalue weighted by molar-refractivity contribution is 5.96. The van der Waals surface area contributed by atoms with Crippen LogP contribution in [0.1, 0.15) is 48.8 Å². The van der Waals surface area contributed by atoms with Crippen LogP contribution in [0.2, 0.25) is 0 Å². The van der Waals surface area contributed by atoms with Crippen LogP contribution in [0.25, 0.3) is 0 Å². The molecule has 1 aliphatic rings. The molecule has 1 aliphatic heterocycles. The Labute approximate surface area is 169 Å². The van der Waals surface area contributed by atoms with E-state index in [0.717, 1.165) is 27.9 Å². The van der Waals surface area contributed by atoms with Crippen LogP contribution >= 0.6 is 0 Å². The van der Waals surface area contributed by atoms with Crippen LogP contribution in [-0.2, 0) is 19.5 Å². The molecule has 3 aromatic rings. The number of amides is 2. The molecule has 4 rings (SSSR count). The molecule has 29 heavy (non-hydrogen) atoms. The second kappa shape index (κ2) is 7.91. The average molecular weight is 388 g/mol. The molecule has 2 aromatic carbocycles. The number of aromatic nitrogens is 2. The molecule has 0 spiro atoms. The largest absolute Gasteiger partial charge is 0.347 e. The van der Waals surface area contributed by atoms with Gasteiger partial charge in [0.15, 0.2) is 5.69 Å². The lowest BCUT2D eigenvalue weighted by molar-refractivity contribution is 0.0731. The van der Waals surface area contributed by atoms with E-state index in [1.807, 2.05) is 62.4 Å². The molecule has 0 bridgehead atoms. The first-order chi connectivity index (χ1) is 14.0. The first kappa shape index (κ1) is 18.9. The molecule has 0 radical (unpaired) electrons. The monoisotopic (exact) mass is 388 g/mol. The van der Waals surface area contributed by atoms with Crippen LogP contribution in [0.5, 0.6) is 0 Å². The maximum atomic E-state index is 13.0. The van der Waals surface area contributed by atoms with Crippen LogP contribution in [0.4, 0.5) is 0 Å². The van der Waals surface area contributed by atoms with Crippen molar-refractivity contribution >= 4 is 11.8 Å². The van der Waals surface area contributed by atoms with E-state index in [9.17, 15) is 9.59 Å². The number of fused-ring (bicyclic) bond motifs is 1. The van der Waals surface area contributed by atoms with E-state index in [-0.39, 0.29) is 11.8 Å². The van der Waals surface area contributed by atoms with Gasteiger partial charge in [0.25, 0.3) is 11.8 Å². The normalized spacial score (nSPS) is 13.1. The molecular formula is C23H24N4O2. The minimum Gasteiger partial charge on any atom is -0.347 e. The summed E-state index contributed by atoms with van der Waals surface area (Å²) in [6, 6.07) is 15.5. The molecule has 0 saturated heterocycles. The predicted molar refractivity (Wildman–Crippen MR) is 111 cm³/mol. The second-order valence-electron chi connectivity index (χ2n) is 7.47. The van der Waals surface area contributed by atoms with Crippen molar-refractivity contribution in [1.82, 2.24) is 20.4 Å². The van der Waals surface area contributed by atoms with Gasteiger partial charge in [-0.1, -0.05) is 36.4 Å². The molecule has 0 fully saturated rings. The molecule has 148 valence electrons. The summed E-state index contributed by atoms with van der Waals surface area (Å²) in [5.41, 5.74) is 6.06. The van der Waals surface area contributed by atoms with Gasteiger partial charge in [0.1, 0.15) is 0 Å². The Balaban J connectivity index is 1.49. The Morgan fingerprint density at radius 1 is 1.10 bits per heavy atom. The summed E-state index contributed by atoms with van der Waals surface area (Å²) in [5.74, 6) is -0.248. The van der Waals surface area contributed by atoms with Crippen LogP contribution in [0.3, 0.4) is 0 Å². The molecule has 6 nitrogen and oxygen atoms in total. The lowest BCUT2D eigenvalue weighted by Gasteiger charge is -2.27. The number of nitrogens with one attached hydrogen (secondary N) is 2. The van der Waals surface area contributed by atoms with E-state index >= 15 is 0 Å². The van der Waals surface area contributed by atoms with E-state index in [0.29, 0.717) is 37.3 Å². The molecule has 6 heteroatoms. The smallest absolute Gasteiger partial charge is 0.272 e. The highest BCUT2D eigenvalue weighted by atomic mass is 16.2. The Morgan fingerprint density at radius 2 is 1.90 bits per heavy atom. The first-order valence-electron chi connectivity index (χ1n) is 9.77. The number of aryl methyl sites for hydroxylation is 2. The van der Waals surface area contributed by atoms with E-state index in [1.165, 1.54) is 0 Å². The molecule has 0 aliphatic carbocycles. The van der Waals surface area contributed by atoms with Crippen molar-refractivity contribution in [2.24, 2.45) is 0 Å². The summed E-state index contributed by atoms with van der Waals surface area (Å²) < 4.78 is 0. The van der Waals surface area contributed by atoms with E-state index < -0.39 is 0 Å². The maximum Gasteiger partial charge on any atom is 0.272 e. The minimum atomic E-state index is -0.230. The summed E-state index contributed by atoms with van der Waals surface area (Å²) in [5, 5.41) is 10.1. The summed E-state index contributed by atoms with van der Waals surface area (Å²) >= 11 is 0. The van der Waals surface area contributed by atoms with E-state index in [2.05, 4.69) is 15.5 Å². The number of hydrogen-bond donors (Lipinski definition) is 2. The minimum absolute atomic E-state index is 0.0180. The summed E-state index contributed by atoms with van der Waals surface area (Å²) in [6.07, 6.45) is 0.658. The van der Waals surface area contributed by atoms with Gasteiger partial charge in [-0.2, -0.15) is 5.10 Å². The Morgan fingerprint density at radius 3 is 2.66 bits per heavy atom. The number of rotatable bonds is 4. The van der Waals surface area contributed by atoms with Crippen molar-refractivity contribution in [3.63, 3.8) is 0 Å². The lowest BCUT2D eigenvalue weighted by Crippen LogP contribution is -2.37. The molecule has 0 saturated carbocycles. The molecule has 0 unspecified atom stereocenters. The standard InChI is InChI=1S/C23H24N4O2/c1-15-8-9-18(12-16(15)2)23(29)27-11-10-20-19(14-27)21(26-25-20)22(28)24-13-17-6-4-3-5-7-17/h3-9,12H,10-11,13-14H2,1-2H3,(H,24,28)(H,25,26). The Bertz CT molecular complexity index is 1060. The van der Waals surface area contributed by atoms with E-state index in [1.54, 1.807) is 4.90 Å². The van der Waals surface area contributed by atoms with E-state index in [4.69, 9.17) is 0 Å². The zero-order chi connectivity index (χ0) is 20.4. The maximum absolute atomic E-state index is 13.0. The fourth-order valence-electron chi connectivity index (χ4n) is 3.58. The van der Waals surface area contributed by atoms with Gasteiger partial charge in [0.05, 0.1) is 6.54 Å². The molecule has 2 heterocycles. The SMILES string of the molecule is Cc1ccc(C(=O)N2CCc3[nH]nc(C(=O)NCc4ccccc4)c3C2)cc1C. The van der Waals surface area contributed by atoms with Crippen molar-refractivity contribution < 1.29 is 9.59 Å². The Hall–Kier alpha value is -3.41. The third kappa shape index (κ3) is 3.92. The number of H-pyrrole nitrogens is 1. The van der Waals surface area contributed by atoms with Crippen LogP contribution in [0, 0.1) is 13.8 Å². The van der Waals surface area contributed by atoms with Gasteiger partial charge in [-0.15, -0.1) is 0 Å². The van der Waals surface area contributed by atoms with Gasteiger partial charge in [-0.05, 0) is 42.7 Å². The second-order valence-corrected chi connectivity index (χ2v) is 7.47. The van der Waals surface area contributed by atoms with Crippen molar-refractivity contribution in [3.05, 3.63) is 87.7 Å². The quantitative estimate of drug-likeness (QED) is 0.721. The van der Waals surface area contributed by atoms with Crippen molar-refractivity contribution in [2.45, 2.75) is 33.4 Å². The zero-order valence-corrected chi connectivity index (χ0v) is 16.7. The van der Waals surface area contributed by atoms with Crippen LogP contribution in [0.15, 0.2) is 48.5 Å². The lowest BCUT2D eigenvalue weighted by atomic mass is 10.0. The average Bonchev–Trinajstić information content (AvgIpc) is 3.17. The Kier molecular flexibility index (Phi) is 5.16. The number of aromatic amines is 1. The van der Waals surface area contributed by atoms with Crippen molar-refractivity contribution in [1.29, 1.82) is 0 Å². The van der Waals surface area contributed by atoms with Gasteiger partial charge in [0.2, 0.25) is 0 Å². The number of nitrogens with zero attached hydrogens (tertiary/aromatic N) is 2.